The third kappa shape index (κ3) is 3.52. The number of nitrogens with zero attached hydrogens (tertiary/aromatic N) is 1. The lowest BCUT2D eigenvalue weighted by Gasteiger charge is -2.35. The van der Waals surface area contributed by atoms with Gasteiger partial charge < -0.3 is 15.0 Å². The Bertz CT molecular complexity index is 468. The van der Waals surface area contributed by atoms with Crippen LogP contribution in [0.4, 0.5) is 5.69 Å². The molecule has 3 nitrogen and oxygen atoms in total. The van der Waals surface area contributed by atoms with E-state index < -0.39 is 0 Å². The fourth-order valence-corrected chi connectivity index (χ4v) is 3.65. The van der Waals surface area contributed by atoms with Crippen molar-refractivity contribution < 1.29 is 4.74 Å². The van der Waals surface area contributed by atoms with Crippen molar-refractivity contribution in [2.75, 3.05) is 25.5 Å². The third-order valence-corrected chi connectivity index (χ3v) is 5.10. The highest BCUT2D eigenvalue weighted by atomic mass is 16.5. The lowest BCUT2D eigenvalue weighted by atomic mass is 9.93. The van der Waals surface area contributed by atoms with Gasteiger partial charge in [0.15, 0.2) is 0 Å². The standard InChI is InChI=1S/C18H28N2O/c1-14(20(2)16-6-4-3-5-7-16)12-15-8-9-18-17(13-15)19-10-11-21-18/h8-9,13-14,16,19H,3-7,10-12H2,1-2H3. The minimum atomic E-state index is 0.593. The summed E-state index contributed by atoms with van der Waals surface area (Å²) in [4.78, 5) is 2.60. The molecule has 1 unspecified atom stereocenters. The van der Waals surface area contributed by atoms with Crippen LogP contribution >= 0.6 is 0 Å². The first kappa shape index (κ1) is 14.7. The molecular weight excluding hydrogens is 260 g/mol. The molecule has 1 fully saturated rings. The number of fused-ring (bicyclic) bond motifs is 1. The van der Waals surface area contributed by atoms with E-state index in [2.05, 4.69) is 42.4 Å². The van der Waals surface area contributed by atoms with Gasteiger partial charge in [0.05, 0.1) is 5.69 Å². The molecule has 1 N–H and O–H groups in total. The Morgan fingerprint density at radius 1 is 1.29 bits per heavy atom. The molecule has 0 radical (unpaired) electrons. The summed E-state index contributed by atoms with van der Waals surface area (Å²) in [5, 5.41) is 3.43. The third-order valence-electron chi connectivity index (χ3n) is 5.10. The van der Waals surface area contributed by atoms with E-state index in [0.717, 1.165) is 37.1 Å². The average Bonchev–Trinajstić information content (AvgIpc) is 2.55. The van der Waals surface area contributed by atoms with E-state index in [0.29, 0.717) is 6.04 Å². The summed E-state index contributed by atoms with van der Waals surface area (Å²) in [5.41, 5.74) is 2.56. The van der Waals surface area contributed by atoms with Gasteiger partial charge in [-0.05, 0) is 50.9 Å². The summed E-state index contributed by atoms with van der Waals surface area (Å²) < 4.78 is 5.65. The Morgan fingerprint density at radius 2 is 2.10 bits per heavy atom. The maximum absolute atomic E-state index is 5.65. The highest BCUT2D eigenvalue weighted by Gasteiger charge is 2.22. The molecule has 1 aromatic rings. The number of hydrogen-bond donors (Lipinski definition) is 1. The molecule has 2 aliphatic rings. The number of ether oxygens (including phenoxy) is 1. The highest BCUT2D eigenvalue weighted by Crippen LogP contribution is 2.29. The number of nitrogens with one attached hydrogen (secondary N) is 1. The Labute approximate surface area is 128 Å². The highest BCUT2D eigenvalue weighted by molar-refractivity contribution is 5.59. The maximum atomic E-state index is 5.65. The molecule has 0 saturated heterocycles. The largest absolute Gasteiger partial charge is 0.490 e. The summed E-state index contributed by atoms with van der Waals surface area (Å²) >= 11 is 0. The van der Waals surface area contributed by atoms with E-state index in [1.807, 2.05) is 0 Å². The molecule has 1 saturated carbocycles. The van der Waals surface area contributed by atoms with Crippen molar-refractivity contribution in [3.8, 4) is 5.75 Å². The topological polar surface area (TPSA) is 24.5 Å². The summed E-state index contributed by atoms with van der Waals surface area (Å²) in [6.45, 7) is 4.04. The van der Waals surface area contributed by atoms with E-state index in [1.165, 1.54) is 37.7 Å². The van der Waals surface area contributed by atoms with Gasteiger partial charge in [-0.2, -0.15) is 0 Å². The van der Waals surface area contributed by atoms with Gasteiger partial charge in [-0.15, -0.1) is 0 Å². The van der Waals surface area contributed by atoms with E-state index in [9.17, 15) is 0 Å². The molecule has 1 heterocycles. The molecule has 1 aliphatic carbocycles. The molecule has 1 aromatic carbocycles. The van der Waals surface area contributed by atoms with Crippen LogP contribution < -0.4 is 10.1 Å². The first-order chi connectivity index (χ1) is 10.2. The Hall–Kier alpha value is -1.22. The van der Waals surface area contributed by atoms with Gasteiger partial charge in [-0.1, -0.05) is 25.3 Å². The van der Waals surface area contributed by atoms with Gasteiger partial charge in [-0.3, -0.25) is 0 Å². The fourth-order valence-electron chi connectivity index (χ4n) is 3.65. The van der Waals surface area contributed by atoms with Gasteiger partial charge >= 0.3 is 0 Å². The van der Waals surface area contributed by atoms with Crippen LogP contribution in [0, 0.1) is 0 Å². The molecule has 21 heavy (non-hydrogen) atoms. The van der Waals surface area contributed by atoms with Crippen LogP contribution in [0.15, 0.2) is 18.2 Å². The van der Waals surface area contributed by atoms with E-state index in [-0.39, 0.29) is 0 Å². The number of benzene rings is 1. The van der Waals surface area contributed by atoms with E-state index in [4.69, 9.17) is 4.74 Å². The lowest BCUT2D eigenvalue weighted by Crippen LogP contribution is -2.40. The summed E-state index contributed by atoms with van der Waals surface area (Å²) in [6, 6.07) is 7.98. The molecular formula is C18H28N2O. The van der Waals surface area contributed by atoms with Crippen molar-refractivity contribution in [3.05, 3.63) is 23.8 Å². The predicted octanol–water partition coefficient (Wildman–Crippen LogP) is 3.69. The second kappa shape index (κ2) is 6.69. The SMILES string of the molecule is CC(Cc1ccc2c(c1)NCCO2)N(C)C1CCCCC1. The summed E-state index contributed by atoms with van der Waals surface area (Å²) in [6.07, 6.45) is 8.10. The van der Waals surface area contributed by atoms with Gasteiger partial charge in [0.2, 0.25) is 0 Å². The molecule has 116 valence electrons. The van der Waals surface area contributed by atoms with Crippen molar-refractivity contribution in [3.63, 3.8) is 0 Å². The molecule has 1 aliphatic heterocycles. The molecule has 1 atom stereocenters. The molecule has 0 amide bonds. The zero-order valence-electron chi connectivity index (χ0n) is 13.4. The molecule has 0 bridgehead atoms. The average molecular weight is 288 g/mol. The zero-order chi connectivity index (χ0) is 14.7. The molecule has 0 aromatic heterocycles. The van der Waals surface area contributed by atoms with Crippen molar-refractivity contribution in [2.24, 2.45) is 0 Å². The minimum absolute atomic E-state index is 0.593. The van der Waals surface area contributed by atoms with Crippen molar-refractivity contribution in [2.45, 2.75) is 57.5 Å². The van der Waals surface area contributed by atoms with Crippen LogP contribution in [0.5, 0.6) is 5.75 Å². The summed E-state index contributed by atoms with van der Waals surface area (Å²) in [5.74, 6) is 0.998. The van der Waals surface area contributed by atoms with Gasteiger partial charge in [-0.25, -0.2) is 0 Å². The Morgan fingerprint density at radius 3 is 2.90 bits per heavy atom. The zero-order valence-corrected chi connectivity index (χ0v) is 13.4. The Balaban J connectivity index is 1.62. The van der Waals surface area contributed by atoms with Crippen molar-refractivity contribution >= 4 is 5.69 Å². The lowest BCUT2D eigenvalue weighted by molar-refractivity contribution is 0.145. The fraction of sp³-hybridized carbons (Fsp3) is 0.667. The smallest absolute Gasteiger partial charge is 0.142 e. The molecule has 0 spiro atoms. The molecule has 3 heteroatoms. The van der Waals surface area contributed by atoms with Crippen LogP contribution in [0.25, 0.3) is 0 Å². The summed E-state index contributed by atoms with van der Waals surface area (Å²) in [7, 11) is 2.31. The van der Waals surface area contributed by atoms with Gasteiger partial charge in [0.25, 0.3) is 0 Å². The number of hydrogen-bond acceptors (Lipinski definition) is 3. The second-order valence-corrected chi connectivity index (χ2v) is 6.62. The predicted molar refractivity (Wildman–Crippen MR) is 88.2 cm³/mol. The van der Waals surface area contributed by atoms with Crippen LogP contribution in [-0.4, -0.2) is 37.2 Å². The first-order valence-corrected chi connectivity index (χ1v) is 8.45. The normalized spacial score (nSPS) is 20.5. The number of anilines is 1. The second-order valence-electron chi connectivity index (χ2n) is 6.62. The van der Waals surface area contributed by atoms with Crippen molar-refractivity contribution in [1.82, 2.24) is 4.90 Å². The van der Waals surface area contributed by atoms with Crippen LogP contribution in [0.2, 0.25) is 0 Å². The Kier molecular flexibility index (Phi) is 4.69. The maximum Gasteiger partial charge on any atom is 0.142 e. The van der Waals surface area contributed by atoms with Gasteiger partial charge in [0.1, 0.15) is 12.4 Å². The van der Waals surface area contributed by atoms with Crippen LogP contribution in [0.1, 0.15) is 44.6 Å². The van der Waals surface area contributed by atoms with E-state index >= 15 is 0 Å². The van der Waals surface area contributed by atoms with Crippen LogP contribution in [0.3, 0.4) is 0 Å². The quantitative estimate of drug-likeness (QED) is 0.914. The van der Waals surface area contributed by atoms with E-state index in [1.54, 1.807) is 0 Å². The number of rotatable bonds is 4. The molecule has 3 rings (SSSR count). The van der Waals surface area contributed by atoms with Gasteiger partial charge in [0, 0.05) is 18.6 Å². The van der Waals surface area contributed by atoms with Crippen molar-refractivity contribution in [1.29, 1.82) is 0 Å². The number of likely N-dealkylation sites (N-methyl/N-ethyl adjacent to an activating group) is 1. The first-order valence-electron chi connectivity index (χ1n) is 8.45. The minimum Gasteiger partial charge on any atom is -0.490 e. The monoisotopic (exact) mass is 288 g/mol. The van der Waals surface area contributed by atoms with Crippen LogP contribution in [-0.2, 0) is 6.42 Å².